The highest BCUT2D eigenvalue weighted by atomic mass is 15.3. The van der Waals surface area contributed by atoms with E-state index in [9.17, 15) is 0 Å². The fourth-order valence-electron chi connectivity index (χ4n) is 2.39. The van der Waals surface area contributed by atoms with Gasteiger partial charge < -0.3 is 4.57 Å². The summed E-state index contributed by atoms with van der Waals surface area (Å²) in [6.07, 6.45) is 6.38. The van der Waals surface area contributed by atoms with Crippen molar-refractivity contribution in [2.75, 3.05) is 7.05 Å². The van der Waals surface area contributed by atoms with Crippen LogP contribution in [0.25, 0.3) is 5.65 Å². The Morgan fingerprint density at radius 2 is 2.19 bits per heavy atom. The largest absolute Gasteiger partial charge is 0.317 e. The molecular weight excluding hydrogens is 266 g/mol. The number of fused-ring (bicyclic) bond motifs is 1. The lowest BCUT2D eigenvalue weighted by Crippen LogP contribution is -2.20. The zero-order chi connectivity index (χ0) is 14.7. The van der Waals surface area contributed by atoms with E-state index in [0.717, 1.165) is 37.5 Å². The quantitative estimate of drug-likeness (QED) is 0.684. The molecule has 0 fully saturated rings. The van der Waals surface area contributed by atoms with Gasteiger partial charge in [0.2, 0.25) is 0 Å². The molecule has 0 N–H and O–H groups in total. The number of hydrogen-bond acceptors (Lipinski definition) is 5. The molecule has 0 saturated carbocycles. The molecule has 7 nitrogen and oxygen atoms in total. The molecule has 21 heavy (non-hydrogen) atoms. The predicted octanol–water partition coefficient (Wildman–Crippen LogP) is 1.36. The molecule has 0 aromatic carbocycles. The monoisotopic (exact) mass is 285 g/mol. The van der Waals surface area contributed by atoms with Crippen LogP contribution in [0.2, 0.25) is 0 Å². The first kappa shape index (κ1) is 13.7. The molecule has 0 radical (unpaired) electrons. The van der Waals surface area contributed by atoms with Gasteiger partial charge in [-0.2, -0.15) is 5.10 Å². The van der Waals surface area contributed by atoms with Crippen LogP contribution < -0.4 is 0 Å². The van der Waals surface area contributed by atoms with Gasteiger partial charge >= 0.3 is 0 Å². The Hall–Kier alpha value is -2.28. The van der Waals surface area contributed by atoms with Crippen molar-refractivity contribution in [2.45, 2.75) is 33.0 Å². The van der Waals surface area contributed by atoms with Crippen LogP contribution in [0.4, 0.5) is 0 Å². The molecule has 0 aliphatic rings. The summed E-state index contributed by atoms with van der Waals surface area (Å²) < 4.78 is 3.87. The summed E-state index contributed by atoms with van der Waals surface area (Å²) in [6, 6.07) is 4.12. The lowest BCUT2D eigenvalue weighted by Gasteiger charge is -2.16. The van der Waals surface area contributed by atoms with Gasteiger partial charge in [-0.3, -0.25) is 4.90 Å². The van der Waals surface area contributed by atoms with Gasteiger partial charge in [-0.05, 0) is 31.2 Å². The summed E-state index contributed by atoms with van der Waals surface area (Å²) in [5, 5.41) is 12.3. The van der Waals surface area contributed by atoms with Crippen LogP contribution in [-0.2, 0) is 19.6 Å². The smallest absolute Gasteiger partial charge is 0.155 e. The van der Waals surface area contributed by atoms with Gasteiger partial charge in [-0.15, -0.1) is 10.2 Å². The minimum Gasteiger partial charge on any atom is -0.317 e. The van der Waals surface area contributed by atoms with Crippen LogP contribution in [0.3, 0.4) is 0 Å². The Balaban J connectivity index is 1.67. The van der Waals surface area contributed by atoms with Gasteiger partial charge in [0, 0.05) is 19.3 Å². The molecule has 0 amide bonds. The number of nitrogens with zero attached hydrogens (tertiary/aromatic N) is 7. The van der Waals surface area contributed by atoms with E-state index in [-0.39, 0.29) is 0 Å². The number of aryl methyl sites for hydroxylation is 1. The highest BCUT2D eigenvalue weighted by Crippen LogP contribution is 2.09. The van der Waals surface area contributed by atoms with E-state index >= 15 is 0 Å². The molecule has 0 bridgehead atoms. The Kier molecular flexibility index (Phi) is 3.92. The summed E-state index contributed by atoms with van der Waals surface area (Å²) >= 11 is 0. The molecule has 0 aliphatic heterocycles. The lowest BCUT2D eigenvalue weighted by atomic mass is 10.2. The van der Waals surface area contributed by atoms with Crippen molar-refractivity contribution in [3.8, 4) is 0 Å². The Morgan fingerprint density at radius 1 is 1.29 bits per heavy atom. The maximum absolute atomic E-state index is 4.21. The molecule has 3 aromatic heterocycles. The second-order valence-electron chi connectivity index (χ2n) is 5.21. The SMILES string of the molecule is CCCn1cnnc1CN(C)Cc1ccn2ncnc2c1. The van der Waals surface area contributed by atoms with E-state index in [1.165, 1.54) is 5.56 Å². The second-order valence-corrected chi connectivity index (χ2v) is 5.21. The topological polar surface area (TPSA) is 64.1 Å². The predicted molar refractivity (Wildman–Crippen MR) is 78.5 cm³/mol. The van der Waals surface area contributed by atoms with Crippen LogP contribution in [0.5, 0.6) is 0 Å². The molecular formula is C14H19N7. The average molecular weight is 285 g/mol. The van der Waals surface area contributed by atoms with Crippen molar-refractivity contribution in [2.24, 2.45) is 0 Å². The summed E-state index contributed by atoms with van der Waals surface area (Å²) in [6.45, 7) is 4.73. The Bertz CT molecular complexity index is 715. The van der Waals surface area contributed by atoms with Gasteiger partial charge in [-0.25, -0.2) is 9.50 Å². The molecule has 110 valence electrons. The molecule has 7 heteroatoms. The first-order valence-electron chi connectivity index (χ1n) is 7.09. The van der Waals surface area contributed by atoms with Crippen molar-refractivity contribution in [3.63, 3.8) is 0 Å². The Labute approximate surface area is 123 Å². The summed E-state index contributed by atoms with van der Waals surface area (Å²) in [4.78, 5) is 6.43. The maximum Gasteiger partial charge on any atom is 0.155 e. The van der Waals surface area contributed by atoms with Crippen molar-refractivity contribution >= 4 is 5.65 Å². The van der Waals surface area contributed by atoms with Crippen molar-refractivity contribution < 1.29 is 0 Å². The summed E-state index contributed by atoms with van der Waals surface area (Å²) in [7, 11) is 2.08. The molecule has 3 aromatic rings. The third-order valence-corrected chi connectivity index (χ3v) is 3.37. The second kappa shape index (κ2) is 6.01. The fourth-order valence-corrected chi connectivity index (χ4v) is 2.39. The number of aromatic nitrogens is 6. The van der Waals surface area contributed by atoms with Crippen LogP contribution in [0.15, 0.2) is 31.0 Å². The van der Waals surface area contributed by atoms with Crippen LogP contribution >= 0.6 is 0 Å². The molecule has 0 aliphatic carbocycles. The molecule has 0 unspecified atom stereocenters. The van der Waals surface area contributed by atoms with E-state index in [1.54, 1.807) is 17.2 Å². The van der Waals surface area contributed by atoms with Crippen molar-refractivity contribution in [1.82, 2.24) is 34.3 Å². The van der Waals surface area contributed by atoms with E-state index in [1.807, 2.05) is 6.20 Å². The molecule has 3 heterocycles. The molecule has 0 spiro atoms. The Morgan fingerprint density at radius 3 is 3.05 bits per heavy atom. The fraction of sp³-hybridized carbons (Fsp3) is 0.429. The first-order valence-corrected chi connectivity index (χ1v) is 7.09. The van der Waals surface area contributed by atoms with Crippen molar-refractivity contribution in [1.29, 1.82) is 0 Å². The minimum atomic E-state index is 0.776. The molecule has 0 saturated heterocycles. The number of pyridine rings is 1. The number of rotatable bonds is 6. The number of hydrogen-bond donors (Lipinski definition) is 0. The molecule has 3 rings (SSSR count). The highest BCUT2D eigenvalue weighted by molar-refractivity contribution is 5.39. The third kappa shape index (κ3) is 3.08. The zero-order valence-corrected chi connectivity index (χ0v) is 12.3. The van der Waals surface area contributed by atoms with Crippen LogP contribution in [-0.4, -0.2) is 41.3 Å². The van der Waals surface area contributed by atoms with Gasteiger partial charge in [0.25, 0.3) is 0 Å². The van der Waals surface area contributed by atoms with Crippen LogP contribution in [0.1, 0.15) is 24.7 Å². The van der Waals surface area contributed by atoms with Crippen LogP contribution in [0, 0.1) is 0 Å². The van der Waals surface area contributed by atoms with Crippen molar-refractivity contribution in [3.05, 3.63) is 42.4 Å². The van der Waals surface area contributed by atoms with Gasteiger partial charge in [-0.1, -0.05) is 6.92 Å². The first-order chi connectivity index (χ1) is 10.3. The standard InChI is InChI=1S/C14H19N7/c1-3-5-20-11-16-18-14(20)9-19(2)8-12-4-6-21-13(7-12)15-10-17-21/h4,6-7,10-11H,3,5,8-9H2,1-2H3. The maximum atomic E-state index is 4.21. The van der Waals surface area contributed by atoms with E-state index < -0.39 is 0 Å². The third-order valence-electron chi connectivity index (χ3n) is 3.37. The normalized spacial score (nSPS) is 11.6. The average Bonchev–Trinajstić information content (AvgIpc) is 3.08. The summed E-state index contributed by atoms with van der Waals surface area (Å²) in [5.74, 6) is 1.00. The zero-order valence-electron chi connectivity index (χ0n) is 12.3. The molecule has 0 atom stereocenters. The highest BCUT2D eigenvalue weighted by Gasteiger charge is 2.08. The van der Waals surface area contributed by atoms with E-state index in [4.69, 9.17) is 0 Å². The summed E-state index contributed by atoms with van der Waals surface area (Å²) in [5.41, 5.74) is 2.08. The lowest BCUT2D eigenvalue weighted by molar-refractivity contribution is 0.304. The van der Waals surface area contributed by atoms with Gasteiger partial charge in [0.05, 0.1) is 6.54 Å². The van der Waals surface area contributed by atoms with E-state index in [2.05, 4.69) is 55.9 Å². The van der Waals surface area contributed by atoms with Gasteiger partial charge in [0.15, 0.2) is 5.65 Å². The minimum absolute atomic E-state index is 0.776. The van der Waals surface area contributed by atoms with E-state index in [0.29, 0.717) is 0 Å². The van der Waals surface area contributed by atoms with Gasteiger partial charge in [0.1, 0.15) is 18.5 Å².